The van der Waals surface area contributed by atoms with Crippen molar-refractivity contribution in [3.05, 3.63) is 0 Å². The van der Waals surface area contributed by atoms with Crippen molar-refractivity contribution in [1.82, 2.24) is 14.7 Å². The SMILES string of the molecule is CC(C)N1CCN(C2CCN(C(C)(C)C)C2)CC1. The molecule has 1 atom stereocenters. The molecule has 3 heteroatoms. The van der Waals surface area contributed by atoms with Gasteiger partial charge in [0, 0.05) is 56.9 Å². The van der Waals surface area contributed by atoms with Gasteiger partial charge in [-0.2, -0.15) is 0 Å². The van der Waals surface area contributed by atoms with Gasteiger partial charge in [-0.05, 0) is 41.0 Å². The minimum absolute atomic E-state index is 0.342. The number of nitrogens with zero attached hydrogens (tertiary/aromatic N) is 3. The fourth-order valence-corrected chi connectivity index (χ4v) is 3.27. The van der Waals surface area contributed by atoms with Crippen molar-refractivity contribution >= 4 is 0 Å². The van der Waals surface area contributed by atoms with Crippen molar-refractivity contribution in [3.8, 4) is 0 Å². The van der Waals surface area contributed by atoms with E-state index in [1.54, 1.807) is 0 Å². The van der Waals surface area contributed by atoms with E-state index in [1.807, 2.05) is 0 Å². The molecule has 2 saturated heterocycles. The van der Waals surface area contributed by atoms with Crippen molar-refractivity contribution in [2.75, 3.05) is 39.3 Å². The number of piperazine rings is 1. The first-order valence-electron chi connectivity index (χ1n) is 7.61. The summed E-state index contributed by atoms with van der Waals surface area (Å²) in [7, 11) is 0. The maximum Gasteiger partial charge on any atom is 0.0236 e. The van der Waals surface area contributed by atoms with Crippen LogP contribution < -0.4 is 0 Å². The minimum atomic E-state index is 0.342. The normalized spacial score (nSPS) is 29.3. The summed E-state index contributed by atoms with van der Waals surface area (Å²) in [5, 5.41) is 0. The largest absolute Gasteiger partial charge is 0.298 e. The average molecular weight is 253 g/mol. The molecule has 18 heavy (non-hydrogen) atoms. The van der Waals surface area contributed by atoms with Crippen molar-refractivity contribution in [2.45, 2.75) is 58.7 Å². The fourth-order valence-electron chi connectivity index (χ4n) is 3.27. The molecule has 0 aliphatic carbocycles. The van der Waals surface area contributed by atoms with Crippen LogP contribution in [0.5, 0.6) is 0 Å². The number of rotatable bonds is 2. The van der Waals surface area contributed by atoms with Gasteiger partial charge in [-0.3, -0.25) is 14.7 Å². The second-order valence-electron chi connectivity index (χ2n) is 7.23. The molecule has 106 valence electrons. The van der Waals surface area contributed by atoms with E-state index in [0.29, 0.717) is 11.6 Å². The van der Waals surface area contributed by atoms with Gasteiger partial charge < -0.3 is 0 Å². The highest BCUT2D eigenvalue weighted by atomic mass is 15.3. The average Bonchev–Trinajstić information content (AvgIpc) is 2.78. The Labute approximate surface area is 113 Å². The summed E-state index contributed by atoms with van der Waals surface area (Å²) in [6, 6.07) is 1.51. The lowest BCUT2D eigenvalue weighted by molar-refractivity contribution is 0.0738. The first kappa shape index (κ1) is 14.3. The van der Waals surface area contributed by atoms with Crippen LogP contribution in [0.4, 0.5) is 0 Å². The highest BCUT2D eigenvalue weighted by Crippen LogP contribution is 2.24. The molecule has 0 spiro atoms. The third-order valence-corrected chi connectivity index (χ3v) is 4.71. The fraction of sp³-hybridized carbons (Fsp3) is 1.00. The third kappa shape index (κ3) is 3.25. The zero-order valence-corrected chi connectivity index (χ0v) is 12.9. The predicted octanol–water partition coefficient (Wildman–Crippen LogP) is 1.89. The predicted molar refractivity (Wildman–Crippen MR) is 78.0 cm³/mol. The molecular weight excluding hydrogens is 222 g/mol. The zero-order chi connectivity index (χ0) is 13.3. The van der Waals surface area contributed by atoms with Crippen molar-refractivity contribution in [3.63, 3.8) is 0 Å². The Bertz CT molecular complexity index is 261. The molecule has 0 N–H and O–H groups in total. The van der Waals surface area contributed by atoms with Gasteiger partial charge in [0.1, 0.15) is 0 Å². The van der Waals surface area contributed by atoms with Crippen LogP contribution in [0.25, 0.3) is 0 Å². The summed E-state index contributed by atoms with van der Waals surface area (Å²) >= 11 is 0. The monoisotopic (exact) mass is 253 g/mol. The van der Waals surface area contributed by atoms with Crippen LogP contribution in [0.1, 0.15) is 41.0 Å². The van der Waals surface area contributed by atoms with E-state index in [9.17, 15) is 0 Å². The van der Waals surface area contributed by atoms with Crippen LogP contribution in [0.3, 0.4) is 0 Å². The van der Waals surface area contributed by atoms with Crippen molar-refractivity contribution < 1.29 is 0 Å². The molecule has 3 nitrogen and oxygen atoms in total. The molecule has 0 amide bonds. The molecular formula is C15H31N3. The molecule has 0 bridgehead atoms. The lowest BCUT2D eigenvalue weighted by Gasteiger charge is -2.40. The van der Waals surface area contributed by atoms with E-state index in [4.69, 9.17) is 0 Å². The van der Waals surface area contributed by atoms with Crippen LogP contribution in [0, 0.1) is 0 Å². The summed E-state index contributed by atoms with van der Waals surface area (Å²) in [4.78, 5) is 7.98. The van der Waals surface area contributed by atoms with Gasteiger partial charge in [0.25, 0.3) is 0 Å². The molecule has 1 unspecified atom stereocenters. The Morgan fingerprint density at radius 3 is 2.00 bits per heavy atom. The van der Waals surface area contributed by atoms with Crippen LogP contribution in [-0.2, 0) is 0 Å². The molecule has 2 aliphatic rings. The summed E-state index contributed by atoms with van der Waals surface area (Å²) in [6.07, 6.45) is 1.36. The summed E-state index contributed by atoms with van der Waals surface area (Å²) in [6.45, 7) is 19.2. The van der Waals surface area contributed by atoms with Gasteiger partial charge >= 0.3 is 0 Å². The molecule has 2 aliphatic heterocycles. The second kappa shape index (κ2) is 5.48. The molecule has 0 aromatic carbocycles. The van der Waals surface area contributed by atoms with Crippen LogP contribution >= 0.6 is 0 Å². The van der Waals surface area contributed by atoms with Crippen LogP contribution in [-0.4, -0.2) is 71.6 Å². The van der Waals surface area contributed by atoms with E-state index >= 15 is 0 Å². The number of hydrogen-bond acceptors (Lipinski definition) is 3. The zero-order valence-electron chi connectivity index (χ0n) is 12.9. The number of hydrogen-bond donors (Lipinski definition) is 0. The van der Waals surface area contributed by atoms with E-state index in [1.165, 1.54) is 45.7 Å². The maximum absolute atomic E-state index is 2.73. The molecule has 2 heterocycles. The van der Waals surface area contributed by atoms with E-state index < -0.39 is 0 Å². The summed E-state index contributed by atoms with van der Waals surface area (Å²) < 4.78 is 0. The molecule has 2 rings (SSSR count). The topological polar surface area (TPSA) is 9.72 Å². The maximum atomic E-state index is 2.73. The Morgan fingerprint density at radius 1 is 0.944 bits per heavy atom. The summed E-state index contributed by atoms with van der Waals surface area (Å²) in [5.41, 5.74) is 0.342. The first-order chi connectivity index (χ1) is 8.38. The Kier molecular flexibility index (Phi) is 4.35. The molecule has 2 fully saturated rings. The Balaban J connectivity index is 1.81. The molecule has 0 aromatic heterocycles. The van der Waals surface area contributed by atoms with Crippen LogP contribution in [0.2, 0.25) is 0 Å². The second-order valence-corrected chi connectivity index (χ2v) is 7.23. The molecule has 0 radical (unpaired) electrons. The quantitative estimate of drug-likeness (QED) is 0.744. The standard InChI is InChI=1S/C15H31N3/c1-13(2)16-8-10-17(11-9-16)14-6-7-18(12-14)15(3,4)5/h13-14H,6-12H2,1-5H3. The Morgan fingerprint density at radius 2 is 1.56 bits per heavy atom. The van der Waals surface area contributed by atoms with Crippen molar-refractivity contribution in [2.24, 2.45) is 0 Å². The smallest absolute Gasteiger partial charge is 0.0236 e. The van der Waals surface area contributed by atoms with Crippen molar-refractivity contribution in [1.29, 1.82) is 0 Å². The number of likely N-dealkylation sites (tertiary alicyclic amines) is 1. The van der Waals surface area contributed by atoms with E-state index in [-0.39, 0.29) is 0 Å². The summed E-state index contributed by atoms with van der Waals surface area (Å²) in [5.74, 6) is 0. The van der Waals surface area contributed by atoms with Gasteiger partial charge in [0.05, 0.1) is 0 Å². The first-order valence-corrected chi connectivity index (χ1v) is 7.61. The minimum Gasteiger partial charge on any atom is -0.298 e. The molecule has 0 aromatic rings. The Hall–Kier alpha value is -0.120. The van der Waals surface area contributed by atoms with Gasteiger partial charge in [-0.1, -0.05) is 0 Å². The lowest BCUT2D eigenvalue weighted by Crippen LogP contribution is -2.53. The third-order valence-electron chi connectivity index (χ3n) is 4.71. The lowest BCUT2D eigenvalue weighted by atomic mass is 10.1. The van der Waals surface area contributed by atoms with Gasteiger partial charge in [0.15, 0.2) is 0 Å². The van der Waals surface area contributed by atoms with Gasteiger partial charge in [0.2, 0.25) is 0 Å². The highest BCUT2D eigenvalue weighted by Gasteiger charge is 2.34. The highest BCUT2D eigenvalue weighted by molar-refractivity contribution is 4.91. The van der Waals surface area contributed by atoms with Gasteiger partial charge in [-0.15, -0.1) is 0 Å². The van der Waals surface area contributed by atoms with E-state index in [2.05, 4.69) is 49.3 Å². The molecule has 0 saturated carbocycles. The van der Waals surface area contributed by atoms with Gasteiger partial charge in [-0.25, -0.2) is 0 Å². The van der Waals surface area contributed by atoms with Crippen LogP contribution in [0.15, 0.2) is 0 Å². The van der Waals surface area contributed by atoms with E-state index in [0.717, 1.165) is 6.04 Å².